The van der Waals surface area contributed by atoms with E-state index in [4.69, 9.17) is 0 Å². The van der Waals surface area contributed by atoms with Crippen LogP contribution in [0.15, 0.2) is 43.0 Å². The second-order valence-electron chi connectivity index (χ2n) is 5.59. The molecule has 0 N–H and O–H groups in total. The van der Waals surface area contributed by atoms with Gasteiger partial charge in [-0.2, -0.15) is 0 Å². The number of hydrogen-bond acceptors (Lipinski definition) is 0. The molecule has 3 rings (SSSR count). The topological polar surface area (TPSA) is 0 Å². The standard InChI is InChI=1S/C20H9FI6/c1-2-9-3-4-12(20(27)19(9)26)18-13(22)5-10(6-14(18)23)17-15(24)7-11(21)8-16(17)25/h2-8H,1H2. The molecule has 0 nitrogen and oxygen atoms in total. The molecule has 0 aliphatic rings. The molecule has 138 valence electrons. The Balaban J connectivity index is 2.21. The van der Waals surface area contributed by atoms with E-state index in [1.807, 2.05) is 6.08 Å². The number of benzene rings is 3. The largest absolute Gasteiger partial charge is 0.207 e. The maximum absolute atomic E-state index is 13.7. The summed E-state index contributed by atoms with van der Waals surface area (Å²) in [5, 5.41) is 0. The van der Waals surface area contributed by atoms with E-state index in [2.05, 4.69) is 166 Å². The van der Waals surface area contributed by atoms with Gasteiger partial charge in [0.2, 0.25) is 0 Å². The van der Waals surface area contributed by atoms with Crippen LogP contribution in [0.1, 0.15) is 5.56 Å². The lowest BCUT2D eigenvalue weighted by atomic mass is 9.99. The lowest BCUT2D eigenvalue weighted by Crippen LogP contribution is -1.97. The Kier molecular flexibility index (Phi) is 8.56. The minimum Gasteiger partial charge on any atom is -0.207 e. The molecule has 0 aliphatic carbocycles. The van der Waals surface area contributed by atoms with Crippen molar-refractivity contribution in [1.29, 1.82) is 0 Å². The lowest BCUT2D eigenvalue weighted by Gasteiger charge is -2.16. The summed E-state index contributed by atoms with van der Waals surface area (Å²) in [7, 11) is 0. The Morgan fingerprint density at radius 3 is 1.74 bits per heavy atom. The van der Waals surface area contributed by atoms with Gasteiger partial charge in [-0.15, -0.1) is 0 Å². The molecular weight excluding hydrogens is 1020 g/mol. The van der Waals surface area contributed by atoms with Gasteiger partial charge in [0, 0.05) is 32.5 Å². The molecule has 0 saturated heterocycles. The van der Waals surface area contributed by atoms with Gasteiger partial charge in [-0.05, 0) is 177 Å². The molecule has 7 heteroatoms. The second kappa shape index (κ2) is 9.89. The predicted octanol–water partition coefficient (Wildman–Crippen LogP) is 9.43. The van der Waals surface area contributed by atoms with Crippen LogP contribution in [0.25, 0.3) is 28.3 Å². The van der Waals surface area contributed by atoms with Crippen LogP contribution in [0.5, 0.6) is 0 Å². The molecule has 27 heavy (non-hydrogen) atoms. The van der Waals surface area contributed by atoms with Crippen LogP contribution >= 0.6 is 136 Å². The monoisotopic (exact) mass is 1030 g/mol. The third-order valence-electron chi connectivity index (χ3n) is 3.94. The van der Waals surface area contributed by atoms with Crippen molar-refractivity contribution >= 4 is 142 Å². The van der Waals surface area contributed by atoms with Gasteiger partial charge in [0.15, 0.2) is 0 Å². The molecule has 0 amide bonds. The maximum Gasteiger partial charge on any atom is 0.125 e. The van der Waals surface area contributed by atoms with Crippen LogP contribution in [0.4, 0.5) is 4.39 Å². The van der Waals surface area contributed by atoms with Gasteiger partial charge in [-0.1, -0.05) is 24.8 Å². The van der Waals surface area contributed by atoms with E-state index in [0.717, 1.165) is 23.8 Å². The quantitative estimate of drug-likeness (QED) is 0.230. The van der Waals surface area contributed by atoms with Crippen molar-refractivity contribution in [2.75, 3.05) is 0 Å². The first-order valence-corrected chi connectivity index (χ1v) is 14.0. The summed E-state index contributed by atoms with van der Waals surface area (Å²) in [5.74, 6) is -0.194. The highest BCUT2D eigenvalue weighted by atomic mass is 127. The maximum atomic E-state index is 13.7. The zero-order valence-electron chi connectivity index (χ0n) is 13.4. The molecular formula is C20H9FI6. The first-order valence-electron chi connectivity index (χ1n) is 7.49. The number of hydrogen-bond donors (Lipinski definition) is 0. The molecule has 0 aliphatic heterocycles. The van der Waals surface area contributed by atoms with E-state index in [-0.39, 0.29) is 5.82 Å². The van der Waals surface area contributed by atoms with Crippen molar-refractivity contribution in [1.82, 2.24) is 0 Å². The molecule has 3 aromatic rings. The summed E-state index contributed by atoms with van der Waals surface area (Å²) >= 11 is 14.1. The first kappa shape index (κ1) is 23.4. The average Bonchev–Trinajstić information content (AvgIpc) is 2.57. The Morgan fingerprint density at radius 1 is 0.704 bits per heavy atom. The van der Waals surface area contributed by atoms with Crippen LogP contribution in [-0.4, -0.2) is 0 Å². The van der Waals surface area contributed by atoms with Crippen LogP contribution in [0, 0.1) is 27.2 Å². The van der Waals surface area contributed by atoms with Gasteiger partial charge in [0.25, 0.3) is 0 Å². The summed E-state index contributed by atoms with van der Waals surface area (Å²) in [6.45, 7) is 3.90. The fourth-order valence-corrected chi connectivity index (χ4v) is 8.82. The molecule has 0 atom stereocenters. The average molecular weight is 1030 g/mol. The van der Waals surface area contributed by atoms with Crippen molar-refractivity contribution in [3.8, 4) is 22.3 Å². The van der Waals surface area contributed by atoms with E-state index < -0.39 is 0 Å². The SMILES string of the molecule is C=Cc1ccc(-c2c(I)cc(-c3c(I)cc(F)cc3I)cc2I)c(I)c1I. The van der Waals surface area contributed by atoms with Gasteiger partial charge in [-0.25, -0.2) is 4.39 Å². The minimum atomic E-state index is -0.194. The van der Waals surface area contributed by atoms with E-state index in [9.17, 15) is 4.39 Å². The van der Waals surface area contributed by atoms with Gasteiger partial charge in [0.05, 0.1) is 0 Å². The Morgan fingerprint density at radius 2 is 1.22 bits per heavy atom. The molecule has 0 spiro atoms. The van der Waals surface area contributed by atoms with Crippen molar-refractivity contribution in [3.05, 3.63) is 75.8 Å². The highest BCUT2D eigenvalue weighted by molar-refractivity contribution is 14.1. The molecule has 0 bridgehead atoms. The lowest BCUT2D eigenvalue weighted by molar-refractivity contribution is 0.626. The van der Waals surface area contributed by atoms with Gasteiger partial charge in [0.1, 0.15) is 5.82 Å². The van der Waals surface area contributed by atoms with Gasteiger partial charge < -0.3 is 0 Å². The molecule has 0 fully saturated rings. The highest BCUT2D eigenvalue weighted by Crippen LogP contribution is 2.40. The van der Waals surface area contributed by atoms with Crippen molar-refractivity contribution < 1.29 is 4.39 Å². The third kappa shape index (κ3) is 4.97. The fraction of sp³-hybridized carbons (Fsp3) is 0. The molecule has 0 unspecified atom stereocenters. The summed E-state index contributed by atoms with van der Waals surface area (Å²) < 4.78 is 20.4. The molecule has 0 heterocycles. The van der Waals surface area contributed by atoms with Gasteiger partial charge >= 0.3 is 0 Å². The Bertz CT molecular complexity index is 1030. The minimum absolute atomic E-state index is 0.194. The predicted molar refractivity (Wildman–Crippen MR) is 164 cm³/mol. The van der Waals surface area contributed by atoms with Crippen molar-refractivity contribution in [3.63, 3.8) is 0 Å². The van der Waals surface area contributed by atoms with Crippen LogP contribution in [0.2, 0.25) is 0 Å². The van der Waals surface area contributed by atoms with Crippen molar-refractivity contribution in [2.24, 2.45) is 0 Å². The summed E-state index contributed by atoms with van der Waals surface area (Å²) in [5.41, 5.74) is 5.83. The van der Waals surface area contributed by atoms with Gasteiger partial charge in [-0.3, -0.25) is 0 Å². The second-order valence-corrected chi connectivity index (χ2v) is 12.4. The van der Waals surface area contributed by atoms with E-state index in [1.54, 1.807) is 12.1 Å². The number of rotatable bonds is 3. The fourth-order valence-electron chi connectivity index (χ4n) is 2.71. The van der Waals surface area contributed by atoms with E-state index in [0.29, 0.717) is 0 Å². The Labute approximate surface area is 239 Å². The zero-order chi connectivity index (χ0) is 19.9. The molecule has 3 aromatic carbocycles. The Hall–Kier alpha value is 1.71. The summed E-state index contributed by atoms with van der Waals surface area (Å²) in [4.78, 5) is 0. The number of halogens is 7. The summed E-state index contributed by atoms with van der Waals surface area (Å²) in [6.07, 6.45) is 1.89. The van der Waals surface area contributed by atoms with Crippen LogP contribution in [0.3, 0.4) is 0 Å². The molecule has 0 radical (unpaired) electrons. The zero-order valence-corrected chi connectivity index (χ0v) is 26.3. The van der Waals surface area contributed by atoms with E-state index in [1.165, 1.54) is 25.4 Å². The third-order valence-corrected chi connectivity index (χ3v) is 10.7. The summed E-state index contributed by atoms with van der Waals surface area (Å²) in [6, 6.07) is 11.9. The molecule has 0 aromatic heterocycles. The van der Waals surface area contributed by atoms with Crippen LogP contribution < -0.4 is 0 Å². The smallest absolute Gasteiger partial charge is 0.125 e. The van der Waals surface area contributed by atoms with Crippen LogP contribution in [-0.2, 0) is 0 Å². The van der Waals surface area contributed by atoms with E-state index >= 15 is 0 Å². The van der Waals surface area contributed by atoms with Crippen molar-refractivity contribution in [2.45, 2.75) is 0 Å². The highest BCUT2D eigenvalue weighted by Gasteiger charge is 2.18. The first-order chi connectivity index (χ1) is 12.7. The molecule has 0 saturated carbocycles. The normalized spacial score (nSPS) is 10.9.